The summed E-state index contributed by atoms with van der Waals surface area (Å²) in [6.45, 7) is 3.25. The minimum Gasteiger partial charge on any atom is -0.378 e. The molecule has 1 fully saturated rings. The summed E-state index contributed by atoms with van der Waals surface area (Å²) < 4.78 is 7.09. The minimum absolute atomic E-state index is 0. The SMILES string of the molecule is CN(CCn1cccn1)C(=O)C1COCCN1.Cl.Cl. The molecule has 0 aliphatic carbocycles. The fourth-order valence-electron chi connectivity index (χ4n) is 1.79. The van der Waals surface area contributed by atoms with Crippen LogP contribution < -0.4 is 5.32 Å². The molecule has 0 saturated carbocycles. The van der Waals surface area contributed by atoms with Crippen LogP contribution in [-0.4, -0.2) is 60.0 Å². The van der Waals surface area contributed by atoms with E-state index in [0.717, 1.165) is 6.54 Å². The van der Waals surface area contributed by atoms with E-state index in [0.29, 0.717) is 26.3 Å². The Morgan fingerprint density at radius 1 is 1.58 bits per heavy atom. The number of ether oxygens (including phenoxy) is 1. The molecule has 8 heteroatoms. The number of aromatic nitrogens is 2. The highest BCUT2D eigenvalue weighted by atomic mass is 35.5. The summed E-state index contributed by atoms with van der Waals surface area (Å²) in [5.74, 6) is 0.0804. The highest BCUT2D eigenvalue weighted by molar-refractivity contribution is 5.85. The van der Waals surface area contributed by atoms with Crippen molar-refractivity contribution < 1.29 is 9.53 Å². The third-order valence-electron chi connectivity index (χ3n) is 2.82. The number of likely N-dealkylation sites (N-methyl/N-ethyl adjacent to an activating group) is 1. The van der Waals surface area contributed by atoms with E-state index < -0.39 is 0 Å². The lowest BCUT2D eigenvalue weighted by molar-refractivity contribution is -0.135. The molecular weight excluding hydrogens is 291 g/mol. The van der Waals surface area contributed by atoms with E-state index in [9.17, 15) is 4.79 Å². The second kappa shape index (κ2) is 9.14. The summed E-state index contributed by atoms with van der Waals surface area (Å²) in [6, 6.07) is 1.67. The molecule has 1 aliphatic heterocycles. The van der Waals surface area contributed by atoms with E-state index in [1.807, 2.05) is 24.0 Å². The van der Waals surface area contributed by atoms with Gasteiger partial charge in [0.25, 0.3) is 0 Å². The number of nitrogens with one attached hydrogen (secondary N) is 1. The lowest BCUT2D eigenvalue weighted by Crippen LogP contribution is -2.52. The average Bonchev–Trinajstić information content (AvgIpc) is 2.89. The van der Waals surface area contributed by atoms with Crippen molar-refractivity contribution in [2.45, 2.75) is 12.6 Å². The molecule has 6 nitrogen and oxygen atoms in total. The van der Waals surface area contributed by atoms with Gasteiger partial charge >= 0.3 is 0 Å². The molecule has 0 bridgehead atoms. The van der Waals surface area contributed by atoms with Crippen molar-refractivity contribution >= 4 is 30.7 Å². The summed E-state index contributed by atoms with van der Waals surface area (Å²) >= 11 is 0. The van der Waals surface area contributed by atoms with Crippen molar-refractivity contribution in [3.63, 3.8) is 0 Å². The maximum absolute atomic E-state index is 12.0. The molecule has 1 N–H and O–H groups in total. The fraction of sp³-hybridized carbons (Fsp3) is 0.636. The van der Waals surface area contributed by atoms with Crippen molar-refractivity contribution in [3.8, 4) is 0 Å². The Morgan fingerprint density at radius 2 is 2.37 bits per heavy atom. The summed E-state index contributed by atoms with van der Waals surface area (Å²) in [6.07, 6.45) is 3.62. The maximum Gasteiger partial charge on any atom is 0.241 e. The Morgan fingerprint density at radius 3 is 2.95 bits per heavy atom. The molecule has 0 spiro atoms. The second-order valence-electron chi connectivity index (χ2n) is 4.11. The van der Waals surface area contributed by atoms with Crippen LogP contribution in [0.5, 0.6) is 0 Å². The van der Waals surface area contributed by atoms with Gasteiger partial charge in [0.15, 0.2) is 0 Å². The van der Waals surface area contributed by atoms with Crippen LogP contribution in [0.15, 0.2) is 18.5 Å². The van der Waals surface area contributed by atoms with Crippen molar-refractivity contribution in [3.05, 3.63) is 18.5 Å². The van der Waals surface area contributed by atoms with Crippen molar-refractivity contribution in [1.29, 1.82) is 0 Å². The van der Waals surface area contributed by atoms with Crippen LogP contribution in [0.2, 0.25) is 0 Å². The molecule has 1 atom stereocenters. The molecule has 1 saturated heterocycles. The molecular formula is C11H20Cl2N4O2. The molecule has 1 amide bonds. The van der Waals surface area contributed by atoms with Crippen LogP contribution in [0.25, 0.3) is 0 Å². The van der Waals surface area contributed by atoms with Crippen molar-refractivity contribution in [2.24, 2.45) is 0 Å². The zero-order valence-electron chi connectivity index (χ0n) is 10.8. The van der Waals surface area contributed by atoms with Gasteiger partial charge in [-0.1, -0.05) is 0 Å². The summed E-state index contributed by atoms with van der Waals surface area (Å²) in [7, 11) is 1.81. The van der Waals surface area contributed by atoms with Crippen LogP contribution in [0.3, 0.4) is 0 Å². The van der Waals surface area contributed by atoms with Gasteiger partial charge in [-0.05, 0) is 6.07 Å². The van der Waals surface area contributed by atoms with E-state index in [1.54, 1.807) is 11.1 Å². The molecule has 0 aromatic carbocycles. The molecule has 1 unspecified atom stereocenters. The molecule has 19 heavy (non-hydrogen) atoms. The lowest BCUT2D eigenvalue weighted by Gasteiger charge is -2.27. The molecule has 1 aromatic heterocycles. The average molecular weight is 311 g/mol. The number of hydrogen-bond acceptors (Lipinski definition) is 4. The largest absolute Gasteiger partial charge is 0.378 e. The van der Waals surface area contributed by atoms with Crippen LogP contribution in [0, 0.1) is 0 Å². The number of amides is 1. The van der Waals surface area contributed by atoms with Crippen LogP contribution in [0.1, 0.15) is 0 Å². The van der Waals surface area contributed by atoms with Gasteiger partial charge in [0.1, 0.15) is 6.04 Å². The summed E-state index contributed by atoms with van der Waals surface area (Å²) in [5.41, 5.74) is 0. The third-order valence-corrected chi connectivity index (χ3v) is 2.82. The van der Waals surface area contributed by atoms with E-state index in [-0.39, 0.29) is 36.8 Å². The zero-order chi connectivity index (χ0) is 12.1. The van der Waals surface area contributed by atoms with Gasteiger partial charge in [0.05, 0.1) is 19.8 Å². The van der Waals surface area contributed by atoms with Crippen LogP contribution in [-0.2, 0) is 16.1 Å². The Hall–Kier alpha value is -0.820. The van der Waals surface area contributed by atoms with Crippen LogP contribution in [0.4, 0.5) is 0 Å². The monoisotopic (exact) mass is 310 g/mol. The van der Waals surface area contributed by atoms with Gasteiger partial charge < -0.3 is 15.0 Å². The van der Waals surface area contributed by atoms with Gasteiger partial charge in [-0.2, -0.15) is 5.10 Å². The quantitative estimate of drug-likeness (QED) is 0.861. The first-order valence-electron chi connectivity index (χ1n) is 5.81. The zero-order valence-corrected chi connectivity index (χ0v) is 12.5. The fourth-order valence-corrected chi connectivity index (χ4v) is 1.79. The standard InChI is InChI=1S/C11H18N4O2.2ClH/c1-14(6-7-15-5-2-3-13-15)11(16)10-9-17-8-4-12-10;;/h2-3,5,10,12H,4,6-9H2,1H3;2*1H. The highest BCUT2D eigenvalue weighted by Gasteiger charge is 2.23. The molecule has 2 rings (SSSR count). The summed E-state index contributed by atoms with van der Waals surface area (Å²) in [4.78, 5) is 13.7. The first-order chi connectivity index (χ1) is 8.27. The van der Waals surface area contributed by atoms with E-state index in [4.69, 9.17) is 4.74 Å². The second-order valence-corrected chi connectivity index (χ2v) is 4.11. The predicted molar refractivity (Wildman–Crippen MR) is 77.0 cm³/mol. The first kappa shape index (κ1) is 18.2. The van der Waals surface area contributed by atoms with Crippen molar-refractivity contribution in [1.82, 2.24) is 20.0 Å². The van der Waals surface area contributed by atoms with Gasteiger partial charge in [-0.3, -0.25) is 9.48 Å². The van der Waals surface area contributed by atoms with Gasteiger partial charge in [0, 0.05) is 32.5 Å². The van der Waals surface area contributed by atoms with Gasteiger partial charge in [-0.25, -0.2) is 0 Å². The molecule has 1 aromatic rings. The normalized spacial score (nSPS) is 18.1. The number of hydrogen-bond donors (Lipinski definition) is 1. The van der Waals surface area contributed by atoms with E-state index >= 15 is 0 Å². The Kier molecular flexibility index (Phi) is 8.75. The number of carbonyl (C=O) groups is 1. The number of nitrogens with zero attached hydrogens (tertiary/aromatic N) is 3. The molecule has 2 heterocycles. The highest BCUT2D eigenvalue weighted by Crippen LogP contribution is 1.99. The minimum atomic E-state index is -0.202. The third kappa shape index (κ3) is 5.36. The van der Waals surface area contributed by atoms with Gasteiger partial charge in [-0.15, -0.1) is 24.8 Å². The predicted octanol–water partition coefficient (Wildman–Crippen LogP) is 0.173. The van der Waals surface area contributed by atoms with Gasteiger partial charge in [0.2, 0.25) is 5.91 Å². The summed E-state index contributed by atoms with van der Waals surface area (Å²) in [5, 5.41) is 7.25. The molecule has 1 aliphatic rings. The number of halogens is 2. The van der Waals surface area contributed by atoms with E-state index in [2.05, 4.69) is 10.4 Å². The Balaban J connectivity index is 0.00000162. The van der Waals surface area contributed by atoms with Crippen LogP contribution >= 0.6 is 24.8 Å². The Bertz CT molecular complexity index is 356. The maximum atomic E-state index is 12.0. The smallest absolute Gasteiger partial charge is 0.241 e. The number of rotatable bonds is 4. The molecule has 110 valence electrons. The number of morpholine rings is 1. The lowest BCUT2D eigenvalue weighted by atomic mass is 10.2. The number of carbonyl (C=O) groups excluding carboxylic acids is 1. The Labute approximate surface area is 125 Å². The topological polar surface area (TPSA) is 59.4 Å². The van der Waals surface area contributed by atoms with Crippen molar-refractivity contribution in [2.75, 3.05) is 33.4 Å². The molecule has 0 radical (unpaired) electrons. The first-order valence-corrected chi connectivity index (χ1v) is 5.81. The van der Waals surface area contributed by atoms with E-state index in [1.165, 1.54) is 0 Å².